The van der Waals surface area contributed by atoms with Gasteiger partial charge in [-0.15, -0.1) is 0 Å². The molecule has 1 atom stereocenters. The molecule has 3 aromatic rings. The van der Waals surface area contributed by atoms with Crippen LogP contribution < -0.4 is 14.2 Å². The molecule has 0 aromatic heterocycles. The van der Waals surface area contributed by atoms with E-state index in [-0.39, 0.29) is 18.0 Å². The molecule has 1 saturated heterocycles. The molecule has 3 aromatic carbocycles. The summed E-state index contributed by atoms with van der Waals surface area (Å²) in [5, 5.41) is 9.80. The van der Waals surface area contributed by atoms with E-state index < -0.39 is 34.0 Å². The standard InChI is InChI=1S/C27H28N2O7S/c1-35-22-11-7-19(8-12-22)20-9-13-24(14-10-20)37(33,34)28-25(26(30)31)21-15-17-29(18-16-21)27(32)36-23-5-3-2-4-6-23/h2-14,21,25,28H,15-18H2,1H3,(H,30,31). The zero-order valence-corrected chi connectivity index (χ0v) is 21.1. The van der Waals surface area contributed by atoms with Gasteiger partial charge in [0.2, 0.25) is 10.0 Å². The topological polar surface area (TPSA) is 122 Å². The first-order valence-electron chi connectivity index (χ1n) is 11.8. The second-order valence-electron chi connectivity index (χ2n) is 8.70. The van der Waals surface area contributed by atoms with E-state index in [1.165, 1.54) is 17.0 Å². The minimum atomic E-state index is -4.09. The summed E-state index contributed by atoms with van der Waals surface area (Å²) < 4.78 is 38.9. The van der Waals surface area contributed by atoms with E-state index in [1.54, 1.807) is 43.5 Å². The van der Waals surface area contributed by atoms with Crippen molar-refractivity contribution in [3.63, 3.8) is 0 Å². The lowest BCUT2D eigenvalue weighted by Gasteiger charge is -2.34. The first-order chi connectivity index (χ1) is 17.8. The Labute approximate surface area is 215 Å². The molecular weight excluding hydrogens is 496 g/mol. The number of piperidine rings is 1. The minimum Gasteiger partial charge on any atom is -0.497 e. The molecule has 2 N–H and O–H groups in total. The van der Waals surface area contributed by atoms with Crippen LogP contribution in [0.1, 0.15) is 12.8 Å². The molecule has 1 unspecified atom stereocenters. The number of sulfonamides is 1. The highest BCUT2D eigenvalue weighted by molar-refractivity contribution is 7.89. The summed E-state index contributed by atoms with van der Waals surface area (Å²) in [4.78, 5) is 25.9. The van der Waals surface area contributed by atoms with Crippen molar-refractivity contribution in [1.29, 1.82) is 0 Å². The van der Waals surface area contributed by atoms with Crippen molar-refractivity contribution in [1.82, 2.24) is 9.62 Å². The molecule has 1 fully saturated rings. The van der Waals surface area contributed by atoms with Crippen molar-refractivity contribution in [2.24, 2.45) is 5.92 Å². The molecule has 1 amide bonds. The highest BCUT2D eigenvalue weighted by atomic mass is 32.2. The van der Waals surface area contributed by atoms with Gasteiger partial charge in [0.25, 0.3) is 0 Å². The molecule has 1 aliphatic heterocycles. The Balaban J connectivity index is 1.39. The van der Waals surface area contributed by atoms with Gasteiger partial charge in [0.1, 0.15) is 17.5 Å². The van der Waals surface area contributed by atoms with Gasteiger partial charge in [-0.3, -0.25) is 4.79 Å². The van der Waals surface area contributed by atoms with Gasteiger partial charge < -0.3 is 19.5 Å². The molecule has 9 nitrogen and oxygen atoms in total. The van der Waals surface area contributed by atoms with Gasteiger partial charge >= 0.3 is 12.1 Å². The van der Waals surface area contributed by atoms with Gasteiger partial charge in [-0.25, -0.2) is 13.2 Å². The number of methoxy groups -OCH3 is 1. The molecule has 37 heavy (non-hydrogen) atoms. The van der Waals surface area contributed by atoms with Crippen molar-refractivity contribution in [2.75, 3.05) is 20.2 Å². The van der Waals surface area contributed by atoms with Gasteiger partial charge in [-0.05, 0) is 66.3 Å². The van der Waals surface area contributed by atoms with E-state index in [0.29, 0.717) is 24.3 Å². The van der Waals surface area contributed by atoms with Crippen LogP contribution in [0.15, 0.2) is 83.8 Å². The van der Waals surface area contributed by atoms with Gasteiger partial charge in [-0.2, -0.15) is 4.72 Å². The van der Waals surface area contributed by atoms with Crippen LogP contribution in [0.2, 0.25) is 0 Å². The van der Waals surface area contributed by atoms with Crippen LogP contribution >= 0.6 is 0 Å². The number of hydrogen-bond donors (Lipinski definition) is 2. The molecule has 0 aliphatic carbocycles. The molecule has 0 bridgehead atoms. The molecule has 10 heteroatoms. The SMILES string of the molecule is COc1ccc(-c2ccc(S(=O)(=O)NC(C(=O)O)C3CCN(C(=O)Oc4ccccc4)CC3)cc2)cc1. The number of carbonyl (C=O) groups excluding carboxylic acids is 1. The summed E-state index contributed by atoms with van der Waals surface area (Å²) >= 11 is 0. The Hall–Kier alpha value is -3.89. The van der Waals surface area contributed by atoms with Crippen LogP contribution in [0.25, 0.3) is 11.1 Å². The molecule has 1 heterocycles. The van der Waals surface area contributed by atoms with Gasteiger partial charge in [-0.1, -0.05) is 42.5 Å². The molecule has 0 saturated carbocycles. The number of amides is 1. The van der Waals surface area contributed by atoms with Crippen LogP contribution in [0, 0.1) is 5.92 Å². The molecule has 1 aliphatic rings. The molecule has 0 spiro atoms. The fourth-order valence-corrected chi connectivity index (χ4v) is 5.52. The number of carboxylic acid groups (broad SMARTS) is 1. The number of carbonyl (C=O) groups is 2. The van der Waals surface area contributed by atoms with E-state index >= 15 is 0 Å². The van der Waals surface area contributed by atoms with Gasteiger partial charge in [0.05, 0.1) is 12.0 Å². The average molecular weight is 525 g/mol. The second kappa shape index (κ2) is 11.4. The van der Waals surface area contributed by atoms with Crippen molar-refractivity contribution >= 4 is 22.1 Å². The number of hydrogen-bond acceptors (Lipinski definition) is 6. The summed E-state index contributed by atoms with van der Waals surface area (Å²) in [7, 11) is -2.51. The predicted octanol–water partition coefficient (Wildman–Crippen LogP) is 4.00. The zero-order valence-electron chi connectivity index (χ0n) is 20.2. The number of likely N-dealkylation sites (tertiary alicyclic amines) is 1. The van der Waals surface area contributed by atoms with Crippen LogP contribution in [-0.2, 0) is 14.8 Å². The lowest BCUT2D eigenvalue weighted by Crippen LogP contribution is -2.50. The van der Waals surface area contributed by atoms with Gasteiger partial charge in [0, 0.05) is 13.1 Å². The molecular formula is C27H28N2O7S. The van der Waals surface area contributed by atoms with Crippen molar-refractivity contribution in [3.05, 3.63) is 78.9 Å². The summed E-state index contributed by atoms with van der Waals surface area (Å²) in [6, 6.07) is 20.9. The van der Waals surface area contributed by atoms with Crippen LogP contribution in [-0.4, -0.2) is 56.7 Å². The first kappa shape index (κ1) is 26.2. The number of nitrogens with one attached hydrogen (secondary N) is 1. The maximum Gasteiger partial charge on any atom is 0.415 e. The number of rotatable bonds is 8. The first-order valence-corrected chi connectivity index (χ1v) is 13.3. The van der Waals surface area contributed by atoms with Crippen LogP contribution in [0.5, 0.6) is 11.5 Å². The van der Waals surface area contributed by atoms with Crippen LogP contribution in [0.3, 0.4) is 0 Å². The van der Waals surface area contributed by atoms with E-state index in [4.69, 9.17) is 9.47 Å². The predicted molar refractivity (Wildman–Crippen MR) is 137 cm³/mol. The molecule has 194 valence electrons. The van der Waals surface area contributed by atoms with Gasteiger partial charge in [0.15, 0.2) is 0 Å². The van der Waals surface area contributed by atoms with Crippen molar-refractivity contribution in [3.8, 4) is 22.6 Å². The zero-order chi connectivity index (χ0) is 26.4. The van der Waals surface area contributed by atoms with E-state index in [1.807, 2.05) is 30.3 Å². The summed E-state index contributed by atoms with van der Waals surface area (Å²) in [6.45, 7) is 0.525. The Morgan fingerprint density at radius 3 is 2.00 bits per heavy atom. The summed E-state index contributed by atoms with van der Waals surface area (Å²) in [5.74, 6) is -0.607. The average Bonchev–Trinajstić information content (AvgIpc) is 2.92. The third kappa shape index (κ3) is 6.46. The summed E-state index contributed by atoms with van der Waals surface area (Å²) in [5.41, 5.74) is 1.70. The Morgan fingerprint density at radius 2 is 1.46 bits per heavy atom. The third-order valence-electron chi connectivity index (χ3n) is 6.35. The number of nitrogens with zero attached hydrogens (tertiary/aromatic N) is 1. The maximum atomic E-state index is 13.0. The Kier molecular flexibility index (Phi) is 8.10. The van der Waals surface area contributed by atoms with E-state index in [2.05, 4.69) is 4.72 Å². The van der Waals surface area contributed by atoms with Crippen molar-refractivity contribution < 1.29 is 32.6 Å². The number of benzene rings is 3. The summed E-state index contributed by atoms with van der Waals surface area (Å²) in [6.07, 6.45) is 0.119. The smallest absolute Gasteiger partial charge is 0.415 e. The Bertz CT molecular complexity index is 1320. The molecule has 4 rings (SSSR count). The van der Waals surface area contributed by atoms with E-state index in [9.17, 15) is 23.1 Å². The highest BCUT2D eigenvalue weighted by Crippen LogP contribution is 2.26. The number of aliphatic carboxylic acids is 1. The van der Waals surface area contributed by atoms with E-state index in [0.717, 1.165) is 11.1 Å². The Morgan fingerprint density at radius 1 is 0.892 bits per heavy atom. The monoisotopic (exact) mass is 524 g/mol. The number of ether oxygens (including phenoxy) is 2. The fourth-order valence-electron chi connectivity index (χ4n) is 4.26. The molecule has 0 radical (unpaired) electrons. The normalized spacial score (nSPS) is 15.1. The second-order valence-corrected chi connectivity index (χ2v) is 10.4. The largest absolute Gasteiger partial charge is 0.497 e. The van der Waals surface area contributed by atoms with Crippen LogP contribution in [0.4, 0.5) is 4.79 Å². The quantitative estimate of drug-likeness (QED) is 0.457. The highest BCUT2D eigenvalue weighted by Gasteiger charge is 2.36. The fraction of sp³-hybridized carbons (Fsp3) is 0.259. The van der Waals surface area contributed by atoms with Crippen molar-refractivity contribution in [2.45, 2.75) is 23.8 Å². The third-order valence-corrected chi connectivity index (χ3v) is 7.81. The number of carboxylic acids is 1. The lowest BCUT2D eigenvalue weighted by molar-refractivity contribution is -0.140. The lowest BCUT2D eigenvalue weighted by atomic mass is 9.90. The minimum absolute atomic E-state index is 0.0279. The maximum absolute atomic E-state index is 13.0. The number of para-hydroxylation sites is 1.